The highest BCUT2D eigenvalue weighted by Gasteiger charge is 2.57. The molecular weight excluding hydrogens is 459 g/mol. The molecule has 6 nitrogen and oxygen atoms in total. The number of carbonyl (C=O) groups is 1. The van der Waals surface area contributed by atoms with E-state index in [0.717, 1.165) is 30.4 Å². The van der Waals surface area contributed by atoms with E-state index in [1.54, 1.807) is 24.3 Å². The SMILES string of the molecule is Cc1ccc(S(=O)(=O)N2[C@@H](Cc3ccccc3)C(=O)O[B-]2(c2ccccc2)N2CCCCC2)cc1. The van der Waals surface area contributed by atoms with Crippen molar-refractivity contribution in [3.8, 4) is 0 Å². The molecule has 0 saturated carbocycles. The van der Waals surface area contributed by atoms with Gasteiger partial charge in [0.2, 0.25) is 10.0 Å². The normalized spacial score (nSPS) is 23.8. The van der Waals surface area contributed by atoms with E-state index in [-0.39, 0.29) is 11.3 Å². The van der Waals surface area contributed by atoms with Crippen LogP contribution >= 0.6 is 0 Å². The molecule has 35 heavy (non-hydrogen) atoms. The number of aryl methyl sites for hydroxylation is 1. The monoisotopic (exact) mass is 489 g/mol. The lowest BCUT2D eigenvalue weighted by molar-refractivity contribution is -0.135. The van der Waals surface area contributed by atoms with E-state index in [1.807, 2.05) is 67.6 Å². The first kappa shape index (κ1) is 23.8. The van der Waals surface area contributed by atoms with Crippen LogP contribution in [-0.4, -0.2) is 49.2 Å². The zero-order valence-corrected chi connectivity index (χ0v) is 20.7. The van der Waals surface area contributed by atoms with Crippen LogP contribution in [0.4, 0.5) is 0 Å². The first-order valence-corrected chi connectivity index (χ1v) is 13.7. The molecule has 0 radical (unpaired) electrons. The Kier molecular flexibility index (Phi) is 6.53. The third-order valence-corrected chi connectivity index (χ3v) is 9.16. The highest BCUT2D eigenvalue weighted by Crippen LogP contribution is 2.37. The van der Waals surface area contributed by atoms with E-state index in [4.69, 9.17) is 4.65 Å². The van der Waals surface area contributed by atoms with Gasteiger partial charge in [0.15, 0.2) is 0 Å². The molecule has 2 saturated heterocycles. The first-order valence-electron chi connectivity index (χ1n) is 12.3. The number of nitrogens with zero attached hydrogens (tertiary/aromatic N) is 2. The van der Waals surface area contributed by atoms with Gasteiger partial charge in [-0.15, -0.1) is 5.46 Å². The fraction of sp³-hybridized carbons (Fsp3) is 0.296. The average molecular weight is 489 g/mol. The lowest BCUT2D eigenvalue weighted by atomic mass is 9.56. The number of carbonyl (C=O) groups excluding carboxylic acids is 1. The number of sulfonamides is 1. The maximum absolute atomic E-state index is 14.4. The Bertz CT molecular complexity index is 1280. The van der Waals surface area contributed by atoms with Crippen LogP contribution in [0.15, 0.2) is 89.8 Å². The third-order valence-electron chi connectivity index (χ3n) is 7.19. The van der Waals surface area contributed by atoms with Crippen molar-refractivity contribution in [1.82, 2.24) is 9.03 Å². The number of rotatable bonds is 6. The molecule has 3 aromatic rings. The third kappa shape index (κ3) is 4.31. The summed E-state index contributed by atoms with van der Waals surface area (Å²) in [4.78, 5) is 15.9. The fourth-order valence-electron chi connectivity index (χ4n) is 5.47. The summed E-state index contributed by atoms with van der Waals surface area (Å²) in [6, 6.07) is 24.8. The van der Waals surface area contributed by atoms with Crippen molar-refractivity contribution in [2.24, 2.45) is 0 Å². The summed E-state index contributed by atoms with van der Waals surface area (Å²) in [5.41, 5.74) is 2.56. The van der Waals surface area contributed by atoms with E-state index < -0.39 is 28.7 Å². The van der Waals surface area contributed by atoms with Crippen molar-refractivity contribution < 1.29 is 17.9 Å². The fourth-order valence-corrected chi connectivity index (χ4v) is 7.37. The van der Waals surface area contributed by atoms with Gasteiger partial charge in [-0.05, 0) is 57.0 Å². The van der Waals surface area contributed by atoms with Crippen LogP contribution in [0.5, 0.6) is 0 Å². The Labute approximate surface area is 207 Å². The summed E-state index contributed by atoms with van der Waals surface area (Å²) in [5, 5.41) is 0. The van der Waals surface area contributed by atoms with E-state index in [1.165, 1.54) is 4.22 Å². The molecule has 0 amide bonds. The van der Waals surface area contributed by atoms with Gasteiger partial charge in [-0.1, -0.05) is 84.8 Å². The summed E-state index contributed by atoms with van der Waals surface area (Å²) >= 11 is 0. The highest BCUT2D eigenvalue weighted by molar-refractivity contribution is 7.90. The standard InChI is InChI=1S/C27H30BN2O4S/c1-22-15-17-25(18-16-22)35(32,33)30-26(21-23-11-5-2-6-12-23)27(31)34-28(30,24-13-7-3-8-14-24)29-19-9-4-10-20-29/h2-3,5-8,11-18,26H,4,9-10,19-21H2,1H3/q-1/t26-,28?/m0/s1. The van der Waals surface area contributed by atoms with Crippen LogP contribution in [0.2, 0.25) is 0 Å². The largest absolute Gasteiger partial charge is 0.657 e. The number of hydrogen-bond acceptors (Lipinski definition) is 5. The zero-order valence-electron chi connectivity index (χ0n) is 19.9. The molecule has 0 aromatic heterocycles. The van der Waals surface area contributed by atoms with Gasteiger partial charge in [0.25, 0.3) is 5.97 Å². The Hall–Kier alpha value is -2.94. The second-order valence-electron chi connectivity index (χ2n) is 9.50. The van der Waals surface area contributed by atoms with Gasteiger partial charge in [-0.2, -0.15) is 0 Å². The molecule has 3 aromatic carbocycles. The highest BCUT2D eigenvalue weighted by atomic mass is 32.2. The van der Waals surface area contributed by atoms with E-state index in [9.17, 15) is 13.2 Å². The topological polar surface area (TPSA) is 66.9 Å². The van der Waals surface area contributed by atoms with Crippen molar-refractivity contribution in [1.29, 1.82) is 0 Å². The molecule has 2 aliphatic heterocycles. The predicted molar refractivity (Wildman–Crippen MR) is 137 cm³/mol. The summed E-state index contributed by atoms with van der Waals surface area (Å²) in [7, 11) is -4.09. The summed E-state index contributed by atoms with van der Waals surface area (Å²) < 4.78 is 36.5. The van der Waals surface area contributed by atoms with Crippen LogP contribution in [0.3, 0.4) is 0 Å². The van der Waals surface area contributed by atoms with Gasteiger partial charge in [0, 0.05) is 0 Å². The molecule has 2 fully saturated rings. The minimum absolute atomic E-state index is 0.165. The van der Waals surface area contributed by atoms with Crippen LogP contribution in [0.1, 0.15) is 30.4 Å². The van der Waals surface area contributed by atoms with Crippen molar-refractivity contribution in [3.63, 3.8) is 0 Å². The minimum atomic E-state index is -4.09. The van der Waals surface area contributed by atoms with Crippen LogP contribution < -0.4 is 5.46 Å². The predicted octanol–water partition coefficient (Wildman–Crippen LogP) is 3.49. The maximum Gasteiger partial charge on any atom is 0.357 e. The van der Waals surface area contributed by atoms with Crippen LogP contribution in [0.25, 0.3) is 0 Å². The smallest absolute Gasteiger partial charge is 0.357 e. The van der Waals surface area contributed by atoms with Gasteiger partial charge < -0.3 is 9.47 Å². The first-order chi connectivity index (χ1) is 16.9. The molecule has 0 N–H and O–H groups in total. The van der Waals surface area contributed by atoms with Crippen LogP contribution in [-0.2, 0) is 25.9 Å². The molecule has 182 valence electrons. The summed E-state index contributed by atoms with van der Waals surface area (Å²) in [6.07, 6.45) is 3.17. The molecule has 2 heterocycles. The molecule has 5 rings (SSSR count). The van der Waals surface area contributed by atoms with Crippen molar-refractivity contribution >= 4 is 28.1 Å². The Morgan fingerprint density at radius 2 is 1.46 bits per heavy atom. The summed E-state index contributed by atoms with van der Waals surface area (Å²) in [6.45, 7) is 0.778. The Morgan fingerprint density at radius 3 is 2.09 bits per heavy atom. The minimum Gasteiger partial charge on any atom is -0.657 e. The molecule has 0 spiro atoms. The maximum atomic E-state index is 14.4. The van der Waals surface area contributed by atoms with E-state index >= 15 is 0 Å². The summed E-state index contributed by atoms with van der Waals surface area (Å²) in [5.74, 6) is -0.501. The lowest BCUT2D eigenvalue weighted by Crippen LogP contribution is -2.74. The molecule has 1 unspecified atom stereocenters. The zero-order chi connectivity index (χ0) is 24.5. The van der Waals surface area contributed by atoms with Gasteiger partial charge in [-0.3, -0.25) is 9.01 Å². The van der Waals surface area contributed by atoms with E-state index in [2.05, 4.69) is 4.81 Å². The van der Waals surface area contributed by atoms with Crippen molar-refractivity contribution in [2.75, 3.05) is 13.1 Å². The van der Waals surface area contributed by atoms with Gasteiger partial charge in [-0.25, -0.2) is 8.42 Å². The van der Waals surface area contributed by atoms with Gasteiger partial charge in [0.05, 0.1) is 10.9 Å². The molecule has 0 bridgehead atoms. The number of benzene rings is 3. The number of piperidine rings is 1. The molecule has 2 atom stereocenters. The van der Waals surface area contributed by atoms with Crippen molar-refractivity contribution in [2.45, 2.75) is 43.5 Å². The Balaban J connectivity index is 1.72. The van der Waals surface area contributed by atoms with Crippen LogP contribution in [0, 0.1) is 6.92 Å². The second-order valence-corrected chi connectivity index (χ2v) is 11.3. The molecule has 8 heteroatoms. The lowest BCUT2D eigenvalue weighted by Gasteiger charge is -2.53. The van der Waals surface area contributed by atoms with E-state index in [0.29, 0.717) is 18.6 Å². The quantitative estimate of drug-likeness (QED) is 0.496. The van der Waals surface area contributed by atoms with Gasteiger partial charge >= 0.3 is 6.62 Å². The Morgan fingerprint density at radius 1 is 0.857 bits per heavy atom. The number of hydrogen-bond donors (Lipinski definition) is 0. The van der Waals surface area contributed by atoms with Gasteiger partial charge in [0.1, 0.15) is 0 Å². The second kappa shape index (κ2) is 9.61. The average Bonchev–Trinajstić information content (AvgIpc) is 3.19. The molecule has 2 aliphatic rings. The van der Waals surface area contributed by atoms with Crippen molar-refractivity contribution in [3.05, 3.63) is 96.1 Å². The molecular formula is C27H30BN2O4S-. The molecule has 0 aliphatic carbocycles.